The normalized spacial score (nSPS) is 10.7. The zero-order chi connectivity index (χ0) is 16.6. The molecular weight excluding hydrogens is 342 g/mol. The number of rotatable bonds is 8. The summed E-state index contributed by atoms with van der Waals surface area (Å²) >= 11 is 3.11. The van der Waals surface area contributed by atoms with Gasteiger partial charge >= 0.3 is 0 Å². The highest BCUT2D eigenvalue weighted by Gasteiger charge is 2.06. The fourth-order valence-electron chi connectivity index (χ4n) is 2.08. The molecule has 0 atom stereocenters. The molecule has 3 heterocycles. The van der Waals surface area contributed by atoms with E-state index in [1.807, 2.05) is 34.5 Å². The van der Waals surface area contributed by atoms with E-state index in [0.717, 1.165) is 24.4 Å². The van der Waals surface area contributed by atoms with Crippen molar-refractivity contribution in [1.82, 2.24) is 19.7 Å². The molecule has 0 aliphatic carbocycles. The molecule has 1 N–H and O–H groups in total. The summed E-state index contributed by atoms with van der Waals surface area (Å²) in [6, 6.07) is 5.80. The molecular formula is C16H17N5OS2. The van der Waals surface area contributed by atoms with Crippen LogP contribution in [0.3, 0.4) is 0 Å². The first-order valence-electron chi connectivity index (χ1n) is 7.46. The standard InChI is InChI=1S/C16H17N5OS2/c22-16(11-23-9-14-10-24-12-18-14)19-15-4-8-21(20-15)7-3-13-1-5-17-6-2-13/h1-2,4-6,8,10,12H,3,7,9,11H2,(H,19,20,22). The predicted molar refractivity (Wildman–Crippen MR) is 97.1 cm³/mol. The van der Waals surface area contributed by atoms with E-state index in [2.05, 4.69) is 20.4 Å². The number of thiazole rings is 1. The average Bonchev–Trinajstić information content (AvgIpc) is 3.26. The number of anilines is 1. The smallest absolute Gasteiger partial charge is 0.235 e. The Labute approximate surface area is 148 Å². The van der Waals surface area contributed by atoms with Crippen LogP contribution < -0.4 is 5.32 Å². The molecule has 0 spiro atoms. The van der Waals surface area contributed by atoms with Crippen LogP contribution >= 0.6 is 23.1 Å². The molecule has 3 aromatic heterocycles. The Bertz CT molecular complexity index is 758. The van der Waals surface area contributed by atoms with Crippen LogP contribution in [0.4, 0.5) is 5.82 Å². The van der Waals surface area contributed by atoms with E-state index in [9.17, 15) is 4.79 Å². The average molecular weight is 359 g/mol. The summed E-state index contributed by atoms with van der Waals surface area (Å²) in [5.74, 6) is 1.68. The highest BCUT2D eigenvalue weighted by Crippen LogP contribution is 2.13. The number of pyridine rings is 1. The molecule has 24 heavy (non-hydrogen) atoms. The number of aryl methyl sites for hydroxylation is 2. The van der Waals surface area contributed by atoms with Gasteiger partial charge in [0.05, 0.1) is 17.0 Å². The zero-order valence-electron chi connectivity index (χ0n) is 13.0. The number of hydrogen-bond acceptors (Lipinski definition) is 6. The molecule has 3 aromatic rings. The Morgan fingerprint density at radius 3 is 2.96 bits per heavy atom. The molecule has 1 amide bonds. The Morgan fingerprint density at radius 1 is 1.29 bits per heavy atom. The van der Waals surface area contributed by atoms with Gasteiger partial charge in [-0.25, -0.2) is 4.98 Å². The molecule has 6 nitrogen and oxygen atoms in total. The van der Waals surface area contributed by atoms with E-state index in [0.29, 0.717) is 11.6 Å². The van der Waals surface area contributed by atoms with Crippen LogP contribution in [0, 0.1) is 0 Å². The Hall–Kier alpha value is -2.19. The predicted octanol–water partition coefficient (Wildman–Crippen LogP) is 2.85. The van der Waals surface area contributed by atoms with Gasteiger partial charge in [0.15, 0.2) is 5.82 Å². The Balaban J connectivity index is 1.41. The number of nitrogens with zero attached hydrogens (tertiary/aromatic N) is 4. The van der Waals surface area contributed by atoms with Crippen LogP contribution in [0.25, 0.3) is 0 Å². The second-order valence-corrected chi connectivity index (χ2v) is 6.79. The molecule has 0 aliphatic rings. The van der Waals surface area contributed by atoms with Crippen LogP contribution in [-0.4, -0.2) is 31.4 Å². The molecule has 0 bridgehead atoms. The largest absolute Gasteiger partial charge is 0.308 e. The topological polar surface area (TPSA) is 72.7 Å². The molecule has 0 saturated carbocycles. The minimum Gasteiger partial charge on any atom is -0.308 e. The third kappa shape index (κ3) is 5.17. The summed E-state index contributed by atoms with van der Waals surface area (Å²) in [7, 11) is 0. The molecule has 0 aromatic carbocycles. The number of thioether (sulfide) groups is 1. The third-order valence-corrected chi connectivity index (χ3v) is 4.86. The SMILES string of the molecule is O=C(CSCc1cscn1)Nc1ccn(CCc2ccncc2)n1. The second-order valence-electron chi connectivity index (χ2n) is 5.09. The summed E-state index contributed by atoms with van der Waals surface area (Å²) in [5, 5.41) is 9.19. The third-order valence-electron chi connectivity index (χ3n) is 3.25. The van der Waals surface area contributed by atoms with Gasteiger partial charge in [0.2, 0.25) is 5.91 Å². The fraction of sp³-hybridized carbons (Fsp3) is 0.250. The minimum absolute atomic E-state index is 0.0467. The van der Waals surface area contributed by atoms with Gasteiger partial charge in [0, 0.05) is 42.3 Å². The van der Waals surface area contributed by atoms with Crippen molar-refractivity contribution in [3.63, 3.8) is 0 Å². The van der Waals surface area contributed by atoms with Gasteiger partial charge in [0.25, 0.3) is 0 Å². The van der Waals surface area contributed by atoms with Gasteiger partial charge in [-0.3, -0.25) is 14.5 Å². The molecule has 0 unspecified atom stereocenters. The first-order valence-corrected chi connectivity index (χ1v) is 9.56. The maximum atomic E-state index is 11.9. The van der Waals surface area contributed by atoms with Gasteiger partial charge in [-0.2, -0.15) is 5.10 Å². The maximum Gasteiger partial charge on any atom is 0.235 e. The summed E-state index contributed by atoms with van der Waals surface area (Å²) in [6.07, 6.45) is 6.32. The van der Waals surface area contributed by atoms with E-state index < -0.39 is 0 Å². The number of aromatic nitrogens is 4. The van der Waals surface area contributed by atoms with Gasteiger partial charge in [-0.1, -0.05) is 0 Å². The molecule has 0 aliphatic heterocycles. The lowest BCUT2D eigenvalue weighted by Crippen LogP contribution is -2.15. The molecule has 0 radical (unpaired) electrons. The van der Waals surface area contributed by atoms with Gasteiger partial charge in [-0.15, -0.1) is 23.1 Å². The summed E-state index contributed by atoms with van der Waals surface area (Å²) in [4.78, 5) is 20.1. The highest BCUT2D eigenvalue weighted by molar-refractivity contribution is 7.99. The maximum absolute atomic E-state index is 11.9. The monoisotopic (exact) mass is 359 g/mol. The molecule has 3 rings (SSSR count). The first kappa shape index (κ1) is 16.7. The summed E-state index contributed by atoms with van der Waals surface area (Å²) in [6.45, 7) is 0.762. The van der Waals surface area contributed by atoms with Crippen molar-refractivity contribution in [3.8, 4) is 0 Å². The molecule has 0 saturated heterocycles. The van der Waals surface area contributed by atoms with E-state index in [1.165, 1.54) is 5.56 Å². The lowest BCUT2D eigenvalue weighted by atomic mass is 10.2. The van der Waals surface area contributed by atoms with Gasteiger partial charge < -0.3 is 5.32 Å². The van der Waals surface area contributed by atoms with E-state index in [4.69, 9.17) is 0 Å². The Morgan fingerprint density at radius 2 is 2.17 bits per heavy atom. The molecule has 124 valence electrons. The van der Waals surface area contributed by atoms with Crippen LogP contribution in [0.1, 0.15) is 11.3 Å². The van der Waals surface area contributed by atoms with Crippen molar-refractivity contribution in [1.29, 1.82) is 0 Å². The van der Waals surface area contributed by atoms with Crippen molar-refractivity contribution >= 4 is 34.8 Å². The van der Waals surface area contributed by atoms with Gasteiger partial charge in [0.1, 0.15) is 0 Å². The van der Waals surface area contributed by atoms with Crippen molar-refractivity contribution in [2.24, 2.45) is 0 Å². The summed E-state index contributed by atoms with van der Waals surface area (Å²) < 4.78 is 1.83. The van der Waals surface area contributed by atoms with Crippen LogP contribution in [0.2, 0.25) is 0 Å². The first-order chi connectivity index (χ1) is 11.8. The number of hydrogen-bond donors (Lipinski definition) is 1. The van der Waals surface area contributed by atoms with Gasteiger partial charge in [-0.05, 0) is 24.1 Å². The highest BCUT2D eigenvalue weighted by atomic mass is 32.2. The lowest BCUT2D eigenvalue weighted by molar-refractivity contribution is -0.113. The van der Waals surface area contributed by atoms with Crippen molar-refractivity contribution in [3.05, 3.63) is 58.9 Å². The minimum atomic E-state index is -0.0467. The zero-order valence-corrected chi connectivity index (χ0v) is 14.6. The number of nitrogens with one attached hydrogen (secondary N) is 1. The lowest BCUT2D eigenvalue weighted by Gasteiger charge is -2.03. The van der Waals surface area contributed by atoms with Crippen molar-refractivity contribution in [2.75, 3.05) is 11.1 Å². The molecule has 0 fully saturated rings. The molecule has 8 heteroatoms. The summed E-state index contributed by atoms with van der Waals surface area (Å²) in [5.41, 5.74) is 4.02. The van der Waals surface area contributed by atoms with Crippen molar-refractivity contribution < 1.29 is 4.79 Å². The van der Waals surface area contributed by atoms with Crippen LogP contribution in [0.5, 0.6) is 0 Å². The van der Waals surface area contributed by atoms with Crippen molar-refractivity contribution in [2.45, 2.75) is 18.7 Å². The van der Waals surface area contributed by atoms with E-state index in [-0.39, 0.29) is 5.91 Å². The number of carbonyl (C=O) groups excluding carboxylic acids is 1. The van der Waals surface area contributed by atoms with Crippen LogP contribution in [0.15, 0.2) is 47.7 Å². The fourth-order valence-corrected chi connectivity index (χ4v) is 3.47. The number of amides is 1. The van der Waals surface area contributed by atoms with Crippen LogP contribution in [-0.2, 0) is 23.5 Å². The number of carbonyl (C=O) groups is 1. The second kappa shape index (κ2) is 8.60. The van der Waals surface area contributed by atoms with E-state index >= 15 is 0 Å². The Kier molecular flexibility index (Phi) is 5.97. The van der Waals surface area contributed by atoms with E-state index in [1.54, 1.807) is 41.0 Å². The quantitative estimate of drug-likeness (QED) is 0.669.